The Morgan fingerprint density at radius 3 is 2.36 bits per heavy atom. The molecule has 3 N–H and O–H groups in total. The second-order valence-corrected chi connectivity index (χ2v) is 13.9. The van der Waals surface area contributed by atoms with Gasteiger partial charge in [0.25, 0.3) is 0 Å². The normalized spacial score (nSPS) is 21.2. The van der Waals surface area contributed by atoms with E-state index in [9.17, 15) is 5.41 Å². The van der Waals surface area contributed by atoms with Crippen molar-refractivity contribution in [1.29, 1.82) is 5.41 Å². The molecule has 0 aromatic heterocycles. The lowest BCUT2D eigenvalue weighted by Gasteiger charge is -2.27. The standard InChI is InChI=1S/C38H60N6/c1-2-3-4-5-13-27-44-35(28-33-22-16-21-32-20-9-10-24-36(32)33)30-42(38(44)40)25-14-12-23-34-29-41-37(39)43(34)26-15-11-19-31-17-7-6-8-18-31/h9-10,16,20-22,24,31,34-35,40H,2-8,11-15,17-19,23,25-30H2,1H3,(H2,39,41)/t34?,35-/m1/s1. The highest BCUT2D eigenvalue weighted by molar-refractivity contribution is 5.86. The first-order chi connectivity index (χ1) is 21.6. The van der Waals surface area contributed by atoms with Crippen LogP contribution in [0.25, 0.3) is 10.8 Å². The maximum Gasteiger partial charge on any atom is 0.194 e. The molecule has 2 aromatic rings. The lowest BCUT2D eigenvalue weighted by Crippen LogP contribution is -2.41. The van der Waals surface area contributed by atoms with E-state index in [4.69, 9.17) is 5.73 Å². The summed E-state index contributed by atoms with van der Waals surface area (Å²) in [4.78, 5) is 11.8. The zero-order valence-corrected chi connectivity index (χ0v) is 27.7. The molecule has 6 nitrogen and oxygen atoms in total. The number of hydrogen-bond acceptors (Lipinski definition) is 4. The maximum absolute atomic E-state index is 9.18. The largest absolute Gasteiger partial charge is 0.370 e. The maximum atomic E-state index is 9.18. The molecule has 0 radical (unpaired) electrons. The van der Waals surface area contributed by atoms with Gasteiger partial charge in [-0.05, 0) is 60.8 Å². The molecule has 6 heteroatoms. The molecule has 2 heterocycles. The topological polar surface area (TPSA) is 72.0 Å². The number of nitrogens with one attached hydrogen (secondary N) is 1. The number of nitrogens with zero attached hydrogens (tertiary/aromatic N) is 4. The van der Waals surface area contributed by atoms with Gasteiger partial charge in [-0.3, -0.25) is 10.4 Å². The van der Waals surface area contributed by atoms with E-state index in [0.29, 0.717) is 12.1 Å². The monoisotopic (exact) mass is 600 g/mol. The van der Waals surface area contributed by atoms with Crippen LogP contribution in [0, 0.1) is 11.3 Å². The third kappa shape index (κ3) is 8.91. The molecule has 1 saturated heterocycles. The second-order valence-electron chi connectivity index (χ2n) is 13.9. The van der Waals surface area contributed by atoms with Crippen LogP contribution in [-0.4, -0.2) is 71.4 Å². The van der Waals surface area contributed by atoms with Crippen molar-refractivity contribution >= 4 is 22.7 Å². The van der Waals surface area contributed by atoms with E-state index >= 15 is 0 Å². The highest BCUT2D eigenvalue weighted by Crippen LogP contribution is 2.29. The van der Waals surface area contributed by atoms with Crippen molar-refractivity contribution in [3.63, 3.8) is 0 Å². The minimum atomic E-state index is 0.367. The lowest BCUT2D eigenvalue weighted by molar-refractivity contribution is 0.289. The third-order valence-corrected chi connectivity index (χ3v) is 10.7. The Labute approximate surface area is 268 Å². The molecule has 1 aliphatic carbocycles. The first-order valence-corrected chi connectivity index (χ1v) is 18.3. The van der Waals surface area contributed by atoms with Crippen LogP contribution in [0.2, 0.25) is 0 Å². The molecule has 2 aromatic carbocycles. The van der Waals surface area contributed by atoms with Gasteiger partial charge >= 0.3 is 0 Å². The minimum Gasteiger partial charge on any atom is -0.370 e. The molecule has 0 bridgehead atoms. The van der Waals surface area contributed by atoms with Crippen molar-refractivity contribution in [2.45, 2.75) is 128 Å². The number of aliphatic imine (C=N–C) groups is 1. The van der Waals surface area contributed by atoms with Crippen LogP contribution in [0.4, 0.5) is 0 Å². The zero-order chi connectivity index (χ0) is 30.6. The average Bonchev–Trinajstić information content (AvgIpc) is 3.55. The predicted molar refractivity (Wildman–Crippen MR) is 187 cm³/mol. The van der Waals surface area contributed by atoms with Crippen molar-refractivity contribution in [3.05, 3.63) is 48.0 Å². The van der Waals surface area contributed by atoms with Crippen molar-refractivity contribution in [1.82, 2.24) is 14.7 Å². The lowest BCUT2D eigenvalue weighted by atomic mass is 9.86. The van der Waals surface area contributed by atoms with Gasteiger partial charge in [0, 0.05) is 26.2 Å². The Morgan fingerprint density at radius 2 is 1.50 bits per heavy atom. The van der Waals surface area contributed by atoms with Crippen molar-refractivity contribution in [2.75, 3.05) is 32.7 Å². The summed E-state index contributed by atoms with van der Waals surface area (Å²) in [5, 5.41) is 11.9. The molecule has 1 saturated carbocycles. The number of nitrogens with two attached hydrogens (primary N) is 1. The molecule has 3 aliphatic rings. The third-order valence-electron chi connectivity index (χ3n) is 10.7. The average molecular weight is 601 g/mol. The van der Waals surface area contributed by atoms with Crippen LogP contribution in [0.15, 0.2) is 47.5 Å². The predicted octanol–water partition coefficient (Wildman–Crippen LogP) is 8.19. The van der Waals surface area contributed by atoms with Crippen LogP contribution in [-0.2, 0) is 6.42 Å². The molecule has 2 aliphatic heterocycles. The van der Waals surface area contributed by atoms with Gasteiger partial charge in [-0.1, -0.05) is 120 Å². The van der Waals surface area contributed by atoms with E-state index in [1.165, 1.54) is 106 Å². The second kappa shape index (κ2) is 17.1. The summed E-state index contributed by atoms with van der Waals surface area (Å²) in [6.45, 7) is 7.13. The molecule has 0 spiro atoms. The van der Waals surface area contributed by atoms with E-state index < -0.39 is 0 Å². The quantitative estimate of drug-likeness (QED) is 0.169. The van der Waals surface area contributed by atoms with Gasteiger partial charge in [-0.25, -0.2) is 0 Å². The Bertz CT molecular complexity index is 1180. The number of guanidine groups is 2. The molecule has 0 amide bonds. The number of unbranched alkanes of at least 4 members (excludes halogenated alkanes) is 6. The van der Waals surface area contributed by atoms with Crippen LogP contribution in [0.1, 0.15) is 115 Å². The molecular weight excluding hydrogens is 540 g/mol. The van der Waals surface area contributed by atoms with E-state index in [1.807, 2.05) is 0 Å². The highest BCUT2D eigenvalue weighted by Gasteiger charge is 2.34. The van der Waals surface area contributed by atoms with Gasteiger partial charge in [0.05, 0.1) is 18.6 Å². The van der Waals surface area contributed by atoms with Gasteiger partial charge in [0.2, 0.25) is 0 Å². The molecule has 1 unspecified atom stereocenters. The molecule has 242 valence electrons. The zero-order valence-electron chi connectivity index (χ0n) is 27.7. The Balaban J connectivity index is 1.09. The van der Waals surface area contributed by atoms with Gasteiger partial charge in [0.1, 0.15) is 0 Å². The molecule has 5 rings (SSSR count). The Morgan fingerprint density at radius 1 is 0.773 bits per heavy atom. The van der Waals surface area contributed by atoms with Gasteiger partial charge in [-0.15, -0.1) is 0 Å². The van der Waals surface area contributed by atoms with E-state index in [1.54, 1.807) is 0 Å². The summed E-state index contributed by atoms with van der Waals surface area (Å²) >= 11 is 0. The SMILES string of the molecule is CCCCCCCN1C(=N)N(CCCCC2CN=C(N)N2CCCCC2CCCCC2)C[C@H]1Cc1cccc2ccccc12. The summed E-state index contributed by atoms with van der Waals surface area (Å²) in [6.07, 6.45) is 22.0. The number of hydrogen-bond donors (Lipinski definition) is 2. The molecule has 2 fully saturated rings. The van der Waals surface area contributed by atoms with Crippen molar-refractivity contribution in [3.8, 4) is 0 Å². The van der Waals surface area contributed by atoms with E-state index in [0.717, 1.165) is 69.8 Å². The summed E-state index contributed by atoms with van der Waals surface area (Å²) in [5.74, 6) is 2.48. The van der Waals surface area contributed by atoms with Crippen LogP contribution in [0.3, 0.4) is 0 Å². The molecule has 44 heavy (non-hydrogen) atoms. The summed E-state index contributed by atoms with van der Waals surface area (Å²) in [7, 11) is 0. The highest BCUT2D eigenvalue weighted by atomic mass is 15.4. The summed E-state index contributed by atoms with van der Waals surface area (Å²) in [6, 6.07) is 16.3. The summed E-state index contributed by atoms with van der Waals surface area (Å²) in [5.41, 5.74) is 7.76. The first-order valence-electron chi connectivity index (χ1n) is 18.3. The molecule has 2 atom stereocenters. The number of rotatable bonds is 18. The van der Waals surface area contributed by atoms with Crippen LogP contribution in [0.5, 0.6) is 0 Å². The molecular formula is C38H60N6. The Hall–Kier alpha value is -2.76. The fourth-order valence-electron chi connectivity index (χ4n) is 8.06. The number of benzene rings is 2. The van der Waals surface area contributed by atoms with Crippen molar-refractivity contribution in [2.24, 2.45) is 16.6 Å². The minimum absolute atomic E-state index is 0.367. The van der Waals surface area contributed by atoms with Crippen molar-refractivity contribution < 1.29 is 0 Å². The van der Waals surface area contributed by atoms with Crippen LogP contribution >= 0.6 is 0 Å². The van der Waals surface area contributed by atoms with E-state index in [-0.39, 0.29) is 0 Å². The fraction of sp³-hybridized carbons (Fsp3) is 0.684. The Kier molecular flexibility index (Phi) is 12.7. The number of fused-ring (bicyclic) bond motifs is 1. The smallest absolute Gasteiger partial charge is 0.194 e. The fourth-order valence-corrected chi connectivity index (χ4v) is 8.06. The van der Waals surface area contributed by atoms with Gasteiger partial charge in [-0.2, -0.15) is 0 Å². The summed E-state index contributed by atoms with van der Waals surface area (Å²) < 4.78 is 0. The van der Waals surface area contributed by atoms with Gasteiger partial charge < -0.3 is 20.4 Å². The first kappa shape index (κ1) is 32.6. The van der Waals surface area contributed by atoms with Crippen LogP contribution < -0.4 is 5.73 Å². The van der Waals surface area contributed by atoms with Gasteiger partial charge in [0.15, 0.2) is 11.9 Å². The van der Waals surface area contributed by atoms with E-state index in [2.05, 4.69) is 69.1 Å².